The molecule has 0 aliphatic heterocycles. The topological polar surface area (TPSA) is 44.9 Å². The first kappa shape index (κ1) is 16.1. The van der Waals surface area contributed by atoms with E-state index < -0.39 is 0 Å². The number of amides is 1. The molecule has 2 N–H and O–H groups in total. The van der Waals surface area contributed by atoms with E-state index in [2.05, 4.69) is 16.4 Å². The molecule has 0 unspecified atom stereocenters. The van der Waals surface area contributed by atoms with Crippen LogP contribution in [0.15, 0.2) is 29.8 Å². The number of fused-ring (bicyclic) bond motifs is 1. The molecule has 0 radical (unpaired) electrons. The number of hydrogen-bond acceptors (Lipinski definition) is 1. The largest absolute Gasteiger partial charge is 0.358 e. The van der Waals surface area contributed by atoms with Gasteiger partial charge in [-0.15, -0.1) is 0 Å². The summed E-state index contributed by atoms with van der Waals surface area (Å²) in [6.45, 7) is 2.73. The summed E-state index contributed by atoms with van der Waals surface area (Å²) in [6, 6.07) is 5.75. The number of H-pyrrole nitrogens is 1. The molecule has 0 saturated carbocycles. The molecule has 0 bridgehead atoms. The van der Waals surface area contributed by atoms with E-state index in [9.17, 15) is 4.79 Å². The molecule has 1 aliphatic rings. The lowest BCUT2D eigenvalue weighted by Gasteiger charge is -2.13. The van der Waals surface area contributed by atoms with Gasteiger partial charge in [-0.2, -0.15) is 0 Å². The van der Waals surface area contributed by atoms with E-state index in [1.54, 1.807) is 0 Å². The minimum absolute atomic E-state index is 0.0744. The van der Waals surface area contributed by atoms with E-state index in [0.29, 0.717) is 11.4 Å². The van der Waals surface area contributed by atoms with Crippen LogP contribution in [-0.2, 0) is 11.2 Å². The van der Waals surface area contributed by atoms with Crippen LogP contribution in [0, 0.1) is 6.92 Å². The third-order valence-electron chi connectivity index (χ3n) is 4.57. The third-order valence-corrected chi connectivity index (χ3v) is 4.81. The summed E-state index contributed by atoms with van der Waals surface area (Å²) in [5, 5.41) is 4.79. The van der Waals surface area contributed by atoms with Crippen LogP contribution < -0.4 is 5.32 Å². The Morgan fingerprint density at radius 2 is 2.22 bits per heavy atom. The van der Waals surface area contributed by atoms with Crippen LogP contribution in [0.4, 0.5) is 0 Å². The van der Waals surface area contributed by atoms with E-state index in [0.717, 1.165) is 35.1 Å². The molecule has 1 aromatic heterocycles. The number of carbonyl (C=O) groups excluding carboxylic acids is 1. The maximum Gasteiger partial charge on any atom is 0.224 e. The van der Waals surface area contributed by atoms with Crippen molar-refractivity contribution < 1.29 is 4.79 Å². The SMILES string of the molecule is Cc1[nH]c2ccc(Cl)cc2c1CC(=O)NCCC1=CCCCC1. The average Bonchev–Trinajstić information content (AvgIpc) is 2.84. The monoisotopic (exact) mass is 330 g/mol. The summed E-state index contributed by atoms with van der Waals surface area (Å²) in [7, 11) is 0. The number of allylic oxidation sites excluding steroid dienone is 1. The number of nitrogens with one attached hydrogen (secondary N) is 2. The highest BCUT2D eigenvalue weighted by Crippen LogP contribution is 2.25. The summed E-state index contributed by atoms with van der Waals surface area (Å²) < 4.78 is 0. The number of hydrogen-bond donors (Lipinski definition) is 2. The quantitative estimate of drug-likeness (QED) is 0.768. The molecule has 3 rings (SSSR count). The van der Waals surface area contributed by atoms with Crippen LogP contribution in [0.3, 0.4) is 0 Å². The Labute approximate surface area is 142 Å². The fourth-order valence-electron chi connectivity index (χ4n) is 3.30. The van der Waals surface area contributed by atoms with Gasteiger partial charge in [0.25, 0.3) is 0 Å². The molecule has 23 heavy (non-hydrogen) atoms. The van der Waals surface area contributed by atoms with Gasteiger partial charge in [0.1, 0.15) is 0 Å². The molecule has 0 saturated heterocycles. The van der Waals surface area contributed by atoms with Crippen molar-refractivity contribution in [3.05, 3.63) is 46.1 Å². The van der Waals surface area contributed by atoms with Gasteiger partial charge in [-0.25, -0.2) is 0 Å². The number of benzene rings is 1. The van der Waals surface area contributed by atoms with E-state index in [4.69, 9.17) is 11.6 Å². The van der Waals surface area contributed by atoms with Gasteiger partial charge in [-0.3, -0.25) is 4.79 Å². The summed E-state index contributed by atoms with van der Waals surface area (Å²) in [5.41, 5.74) is 4.60. The fraction of sp³-hybridized carbons (Fsp3) is 0.421. The van der Waals surface area contributed by atoms with Crippen LogP contribution in [0.5, 0.6) is 0 Å². The highest BCUT2D eigenvalue weighted by molar-refractivity contribution is 6.31. The maximum atomic E-state index is 12.3. The predicted molar refractivity (Wildman–Crippen MR) is 95.9 cm³/mol. The molecule has 2 aromatic rings. The van der Waals surface area contributed by atoms with Crippen molar-refractivity contribution in [3.8, 4) is 0 Å². The second-order valence-corrected chi connectivity index (χ2v) is 6.74. The zero-order valence-corrected chi connectivity index (χ0v) is 14.3. The van der Waals surface area contributed by atoms with Crippen LogP contribution in [-0.4, -0.2) is 17.4 Å². The van der Waals surface area contributed by atoms with Crippen LogP contribution in [0.2, 0.25) is 5.02 Å². The third kappa shape index (κ3) is 3.97. The van der Waals surface area contributed by atoms with E-state index in [-0.39, 0.29) is 5.91 Å². The van der Waals surface area contributed by atoms with Gasteiger partial charge >= 0.3 is 0 Å². The minimum Gasteiger partial charge on any atom is -0.358 e. The van der Waals surface area contributed by atoms with Crippen molar-refractivity contribution in [1.82, 2.24) is 10.3 Å². The van der Waals surface area contributed by atoms with E-state index in [1.807, 2.05) is 25.1 Å². The van der Waals surface area contributed by atoms with Crippen molar-refractivity contribution in [2.24, 2.45) is 0 Å². The summed E-state index contributed by atoms with van der Waals surface area (Å²) >= 11 is 6.09. The van der Waals surface area contributed by atoms with Gasteiger partial charge in [0.15, 0.2) is 0 Å². The molecular formula is C19H23ClN2O. The van der Waals surface area contributed by atoms with Crippen LogP contribution in [0.1, 0.15) is 43.4 Å². The fourth-order valence-corrected chi connectivity index (χ4v) is 3.47. The molecule has 122 valence electrons. The van der Waals surface area contributed by atoms with Gasteiger partial charge in [0, 0.05) is 28.2 Å². The Kier molecular flexibility index (Phi) is 5.06. The highest BCUT2D eigenvalue weighted by atomic mass is 35.5. The van der Waals surface area contributed by atoms with Crippen molar-refractivity contribution in [3.63, 3.8) is 0 Å². The second-order valence-electron chi connectivity index (χ2n) is 6.30. The predicted octanol–water partition coefficient (Wildman–Crippen LogP) is 4.68. The van der Waals surface area contributed by atoms with E-state index in [1.165, 1.54) is 31.3 Å². The lowest BCUT2D eigenvalue weighted by atomic mass is 9.97. The van der Waals surface area contributed by atoms with Crippen molar-refractivity contribution in [2.75, 3.05) is 6.54 Å². The Morgan fingerprint density at radius 1 is 1.35 bits per heavy atom. The number of aryl methyl sites for hydroxylation is 1. The molecule has 4 heteroatoms. The molecule has 0 spiro atoms. The Balaban J connectivity index is 1.60. The molecule has 1 amide bonds. The first-order chi connectivity index (χ1) is 11.1. The van der Waals surface area contributed by atoms with Crippen molar-refractivity contribution >= 4 is 28.4 Å². The normalized spacial score (nSPS) is 14.8. The van der Waals surface area contributed by atoms with Crippen molar-refractivity contribution in [1.29, 1.82) is 0 Å². The molecule has 1 heterocycles. The summed E-state index contributed by atoms with van der Waals surface area (Å²) in [5.74, 6) is 0.0744. The number of aromatic amines is 1. The van der Waals surface area contributed by atoms with Crippen molar-refractivity contribution in [2.45, 2.75) is 45.4 Å². The van der Waals surface area contributed by atoms with Crippen LogP contribution in [0.25, 0.3) is 10.9 Å². The summed E-state index contributed by atoms with van der Waals surface area (Å²) in [6.07, 6.45) is 8.68. The smallest absolute Gasteiger partial charge is 0.224 e. The van der Waals surface area contributed by atoms with Gasteiger partial charge in [0.05, 0.1) is 6.42 Å². The molecule has 1 aliphatic carbocycles. The number of aromatic nitrogens is 1. The Bertz CT molecular complexity index is 745. The first-order valence-electron chi connectivity index (χ1n) is 8.35. The van der Waals surface area contributed by atoms with Gasteiger partial charge in [-0.05, 0) is 62.8 Å². The molecule has 0 fully saturated rings. The zero-order chi connectivity index (χ0) is 16.2. The number of carbonyl (C=O) groups is 1. The number of halogens is 1. The Morgan fingerprint density at radius 3 is 3.00 bits per heavy atom. The second kappa shape index (κ2) is 7.22. The minimum atomic E-state index is 0.0744. The maximum absolute atomic E-state index is 12.3. The van der Waals surface area contributed by atoms with Gasteiger partial charge in [-0.1, -0.05) is 23.3 Å². The van der Waals surface area contributed by atoms with E-state index >= 15 is 0 Å². The molecule has 1 aromatic carbocycles. The number of rotatable bonds is 5. The lowest BCUT2D eigenvalue weighted by molar-refractivity contribution is -0.120. The molecule has 3 nitrogen and oxygen atoms in total. The average molecular weight is 331 g/mol. The highest BCUT2D eigenvalue weighted by Gasteiger charge is 2.13. The molecular weight excluding hydrogens is 308 g/mol. The van der Waals surface area contributed by atoms with Gasteiger partial charge < -0.3 is 10.3 Å². The standard InChI is InChI=1S/C19H23ClN2O/c1-13-16(17-11-15(20)7-8-18(17)22-13)12-19(23)21-10-9-14-5-3-2-4-6-14/h5,7-8,11,22H,2-4,6,9-10,12H2,1H3,(H,21,23). The van der Waals surface area contributed by atoms with Crippen LogP contribution >= 0.6 is 11.6 Å². The van der Waals surface area contributed by atoms with Gasteiger partial charge in [0.2, 0.25) is 5.91 Å². The Hall–Kier alpha value is -1.74. The lowest BCUT2D eigenvalue weighted by Crippen LogP contribution is -2.26. The molecule has 0 atom stereocenters. The first-order valence-corrected chi connectivity index (χ1v) is 8.72. The summed E-state index contributed by atoms with van der Waals surface area (Å²) in [4.78, 5) is 15.6. The zero-order valence-electron chi connectivity index (χ0n) is 13.5.